The van der Waals surface area contributed by atoms with Gasteiger partial charge in [0.15, 0.2) is 11.5 Å². The lowest BCUT2D eigenvalue weighted by Crippen LogP contribution is -2.10. The first-order valence-corrected chi connectivity index (χ1v) is 7.75. The molecule has 0 aliphatic rings. The number of carbonyl (C=O) groups is 1. The number of amides is 1. The molecule has 8 heteroatoms. The van der Waals surface area contributed by atoms with Crippen molar-refractivity contribution in [3.05, 3.63) is 53.6 Å². The summed E-state index contributed by atoms with van der Waals surface area (Å²) >= 11 is 0. The van der Waals surface area contributed by atoms with Crippen LogP contribution in [0.5, 0.6) is 17.2 Å². The minimum atomic E-state index is -4.48. The average molecular weight is 381 g/mol. The summed E-state index contributed by atoms with van der Waals surface area (Å²) in [4.78, 5) is 12.0. The van der Waals surface area contributed by atoms with Crippen molar-refractivity contribution in [1.82, 2.24) is 0 Å². The van der Waals surface area contributed by atoms with E-state index in [2.05, 4.69) is 5.32 Å². The van der Waals surface area contributed by atoms with Crippen LogP contribution in [0.15, 0.2) is 42.5 Å². The molecule has 0 aliphatic carbocycles. The van der Waals surface area contributed by atoms with Crippen molar-refractivity contribution in [2.75, 3.05) is 26.6 Å². The van der Waals surface area contributed by atoms with Gasteiger partial charge in [-0.05, 0) is 36.4 Å². The molecule has 0 bridgehead atoms. The second-order valence-corrected chi connectivity index (χ2v) is 5.32. The van der Waals surface area contributed by atoms with E-state index in [4.69, 9.17) is 14.2 Å². The molecular weight excluding hydrogens is 363 g/mol. The van der Waals surface area contributed by atoms with Gasteiger partial charge in [0.2, 0.25) is 11.7 Å². The average Bonchev–Trinajstić information content (AvgIpc) is 2.64. The van der Waals surface area contributed by atoms with Crippen LogP contribution in [0.25, 0.3) is 6.08 Å². The summed E-state index contributed by atoms with van der Waals surface area (Å²) < 4.78 is 53.9. The maximum atomic E-state index is 12.7. The van der Waals surface area contributed by atoms with Gasteiger partial charge in [0.25, 0.3) is 0 Å². The summed E-state index contributed by atoms with van der Waals surface area (Å²) in [5.41, 5.74) is -0.265. The van der Waals surface area contributed by atoms with Crippen molar-refractivity contribution < 1.29 is 32.2 Å². The Labute approximate surface area is 154 Å². The summed E-state index contributed by atoms with van der Waals surface area (Å²) in [6.45, 7) is 0. The molecule has 2 rings (SSSR count). The molecule has 0 fully saturated rings. The molecule has 144 valence electrons. The van der Waals surface area contributed by atoms with Gasteiger partial charge < -0.3 is 19.5 Å². The molecule has 0 atom stereocenters. The van der Waals surface area contributed by atoms with Crippen LogP contribution in [0.2, 0.25) is 0 Å². The zero-order valence-electron chi connectivity index (χ0n) is 14.9. The van der Waals surface area contributed by atoms with Gasteiger partial charge in [-0.1, -0.05) is 6.07 Å². The van der Waals surface area contributed by atoms with E-state index in [1.165, 1.54) is 45.6 Å². The minimum Gasteiger partial charge on any atom is -0.493 e. The SMILES string of the molecule is COc1ccc(/C=C/C(=O)Nc2cccc(C(F)(F)F)c2)c(OC)c1OC. The lowest BCUT2D eigenvalue weighted by atomic mass is 10.1. The third-order valence-corrected chi connectivity index (χ3v) is 3.61. The van der Waals surface area contributed by atoms with Gasteiger partial charge in [-0.3, -0.25) is 4.79 Å². The fourth-order valence-corrected chi connectivity index (χ4v) is 2.38. The van der Waals surface area contributed by atoms with Crippen molar-refractivity contribution in [1.29, 1.82) is 0 Å². The number of hydrogen-bond donors (Lipinski definition) is 1. The number of alkyl halides is 3. The second-order valence-electron chi connectivity index (χ2n) is 5.32. The first-order chi connectivity index (χ1) is 12.8. The molecule has 5 nitrogen and oxygen atoms in total. The van der Waals surface area contributed by atoms with Gasteiger partial charge in [0.05, 0.1) is 26.9 Å². The Morgan fingerprint density at radius 2 is 1.70 bits per heavy atom. The summed E-state index contributed by atoms with van der Waals surface area (Å²) in [6, 6.07) is 7.69. The van der Waals surface area contributed by atoms with Crippen molar-refractivity contribution in [2.24, 2.45) is 0 Å². The molecule has 2 aromatic carbocycles. The quantitative estimate of drug-likeness (QED) is 0.755. The maximum absolute atomic E-state index is 12.7. The highest BCUT2D eigenvalue weighted by Crippen LogP contribution is 2.40. The van der Waals surface area contributed by atoms with Crippen LogP contribution in [-0.4, -0.2) is 27.2 Å². The largest absolute Gasteiger partial charge is 0.493 e. The number of hydrogen-bond acceptors (Lipinski definition) is 4. The normalized spacial score (nSPS) is 11.3. The molecule has 0 unspecified atom stereocenters. The molecule has 0 saturated heterocycles. The maximum Gasteiger partial charge on any atom is 0.416 e. The Morgan fingerprint density at radius 1 is 1.00 bits per heavy atom. The molecule has 27 heavy (non-hydrogen) atoms. The Morgan fingerprint density at radius 3 is 2.30 bits per heavy atom. The highest BCUT2D eigenvalue weighted by atomic mass is 19.4. The molecule has 0 aromatic heterocycles. The summed E-state index contributed by atoms with van der Waals surface area (Å²) in [6.07, 6.45) is -1.84. The van der Waals surface area contributed by atoms with Crippen molar-refractivity contribution in [2.45, 2.75) is 6.18 Å². The van der Waals surface area contributed by atoms with E-state index >= 15 is 0 Å². The highest BCUT2D eigenvalue weighted by Gasteiger charge is 2.30. The minimum absolute atomic E-state index is 0.0405. The Hall–Kier alpha value is -3.16. The Kier molecular flexibility index (Phi) is 6.33. The first-order valence-electron chi connectivity index (χ1n) is 7.75. The number of nitrogens with one attached hydrogen (secondary N) is 1. The third-order valence-electron chi connectivity index (χ3n) is 3.61. The van der Waals surface area contributed by atoms with Gasteiger partial charge in [-0.2, -0.15) is 13.2 Å². The van der Waals surface area contributed by atoms with Crippen LogP contribution >= 0.6 is 0 Å². The molecular formula is C19H18F3NO4. The second kappa shape index (κ2) is 8.48. The van der Waals surface area contributed by atoms with E-state index in [1.807, 2.05) is 0 Å². The summed E-state index contributed by atoms with van der Waals surface area (Å²) in [5, 5.41) is 2.39. The Balaban J connectivity index is 2.20. The van der Waals surface area contributed by atoms with E-state index in [0.29, 0.717) is 22.8 Å². The van der Waals surface area contributed by atoms with Gasteiger partial charge in [-0.15, -0.1) is 0 Å². The number of methoxy groups -OCH3 is 3. The van der Waals surface area contributed by atoms with Crippen LogP contribution in [0, 0.1) is 0 Å². The van der Waals surface area contributed by atoms with Crippen LogP contribution in [0.4, 0.5) is 18.9 Å². The molecule has 0 saturated carbocycles. The first kappa shape index (κ1) is 20.2. The molecule has 0 radical (unpaired) electrons. The Bertz CT molecular complexity index is 847. The number of rotatable bonds is 6. The van der Waals surface area contributed by atoms with E-state index in [-0.39, 0.29) is 5.69 Å². The number of benzene rings is 2. The topological polar surface area (TPSA) is 56.8 Å². The van der Waals surface area contributed by atoms with E-state index in [9.17, 15) is 18.0 Å². The number of anilines is 1. The predicted molar refractivity (Wildman–Crippen MR) is 95.2 cm³/mol. The van der Waals surface area contributed by atoms with Gasteiger partial charge in [-0.25, -0.2) is 0 Å². The van der Waals surface area contributed by atoms with Crippen LogP contribution < -0.4 is 19.5 Å². The van der Waals surface area contributed by atoms with E-state index in [0.717, 1.165) is 12.1 Å². The zero-order chi connectivity index (χ0) is 20.0. The molecule has 0 spiro atoms. The van der Waals surface area contributed by atoms with E-state index < -0.39 is 17.6 Å². The number of ether oxygens (including phenoxy) is 3. The fraction of sp³-hybridized carbons (Fsp3) is 0.211. The van der Waals surface area contributed by atoms with Gasteiger partial charge >= 0.3 is 6.18 Å². The van der Waals surface area contributed by atoms with Crippen LogP contribution in [-0.2, 0) is 11.0 Å². The zero-order valence-corrected chi connectivity index (χ0v) is 14.9. The molecule has 1 amide bonds. The predicted octanol–water partition coefficient (Wildman–Crippen LogP) is 4.38. The number of carbonyl (C=O) groups excluding carboxylic acids is 1. The van der Waals surface area contributed by atoms with E-state index in [1.54, 1.807) is 12.1 Å². The molecule has 1 N–H and O–H groups in total. The smallest absolute Gasteiger partial charge is 0.416 e. The molecule has 0 aliphatic heterocycles. The summed E-state index contributed by atoms with van der Waals surface area (Å²) in [5.74, 6) is 0.589. The van der Waals surface area contributed by atoms with Crippen molar-refractivity contribution in [3.63, 3.8) is 0 Å². The van der Waals surface area contributed by atoms with Crippen molar-refractivity contribution in [3.8, 4) is 17.2 Å². The molecule has 0 heterocycles. The third kappa shape index (κ3) is 4.93. The molecule has 2 aromatic rings. The monoisotopic (exact) mass is 381 g/mol. The van der Waals surface area contributed by atoms with Crippen LogP contribution in [0.3, 0.4) is 0 Å². The fourth-order valence-electron chi connectivity index (χ4n) is 2.38. The van der Waals surface area contributed by atoms with Gasteiger partial charge in [0, 0.05) is 17.3 Å². The number of halogens is 3. The summed E-state index contributed by atoms with van der Waals surface area (Å²) in [7, 11) is 4.38. The van der Waals surface area contributed by atoms with Crippen molar-refractivity contribution >= 4 is 17.7 Å². The highest BCUT2D eigenvalue weighted by molar-refractivity contribution is 6.02. The lowest BCUT2D eigenvalue weighted by Gasteiger charge is -2.14. The standard InChI is InChI=1S/C19H18F3NO4/c1-25-15-9-7-12(17(26-2)18(15)27-3)8-10-16(24)23-14-6-4-5-13(11-14)19(20,21)22/h4-11H,1-3H3,(H,23,24)/b10-8+. The van der Waals surface area contributed by atoms with Gasteiger partial charge in [0.1, 0.15) is 0 Å². The van der Waals surface area contributed by atoms with Crippen LogP contribution in [0.1, 0.15) is 11.1 Å². The lowest BCUT2D eigenvalue weighted by molar-refractivity contribution is -0.137.